The number of carbonyl (C=O) groups excluding carboxylic acids is 2. The van der Waals surface area contributed by atoms with Crippen molar-refractivity contribution in [3.05, 3.63) is 18.3 Å². The largest absolute Gasteiger partial charge is 0.364 e. The van der Waals surface area contributed by atoms with Crippen LogP contribution in [0, 0.1) is 5.92 Å². The van der Waals surface area contributed by atoms with Crippen molar-refractivity contribution in [3.8, 4) is 0 Å². The zero-order chi connectivity index (χ0) is 18.8. The first-order chi connectivity index (χ1) is 13.1. The van der Waals surface area contributed by atoms with Gasteiger partial charge in [0.2, 0.25) is 5.91 Å². The molecule has 0 aromatic carbocycles. The number of aromatic nitrogens is 1. The van der Waals surface area contributed by atoms with Gasteiger partial charge in [-0.25, -0.2) is 4.98 Å². The normalized spacial score (nSPS) is 23.8. The summed E-state index contributed by atoms with van der Waals surface area (Å²) in [6.07, 6.45) is 4.83. The summed E-state index contributed by atoms with van der Waals surface area (Å²) in [4.78, 5) is 33.0. The number of nitrogens with one attached hydrogen (secondary N) is 1. The van der Waals surface area contributed by atoms with Crippen molar-refractivity contribution < 1.29 is 14.3 Å². The molecule has 10 heteroatoms. The zero-order valence-corrected chi connectivity index (χ0v) is 17.9. The zero-order valence-electron chi connectivity index (χ0n) is 16.3. The van der Waals surface area contributed by atoms with E-state index in [1.165, 1.54) is 0 Å². The van der Waals surface area contributed by atoms with Crippen LogP contribution in [-0.2, 0) is 14.3 Å². The van der Waals surface area contributed by atoms with Gasteiger partial charge in [0.1, 0.15) is 11.9 Å². The van der Waals surface area contributed by atoms with Crippen LogP contribution >= 0.6 is 24.8 Å². The quantitative estimate of drug-likeness (QED) is 0.710. The number of halogens is 2. The van der Waals surface area contributed by atoms with Gasteiger partial charge in [-0.15, -0.1) is 24.8 Å². The van der Waals surface area contributed by atoms with E-state index in [2.05, 4.69) is 15.2 Å². The molecule has 0 spiro atoms. The number of hydrogen-bond acceptors (Lipinski definition) is 6. The van der Waals surface area contributed by atoms with Crippen LogP contribution in [0.4, 0.5) is 11.5 Å². The maximum atomic E-state index is 12.3. The Kier molecular flexibility index (Phi) is 8.51. The lowest BCUT2D eigenvalue weighted by Crippen LogP contribution is -2.49. The van der Waals surface area contributed by atoms with Crippen LogP contribution < -0.4 is 16.0 Å². The standard InChI is InChI=1S/C19H27N5O3.2ClH/c20-11-15-4-5-16(27-15)18(25)22-14-3-6-17(21-12-14)23-7-9-24(10-8-23)19(26)13-1-2-13;;/h3,6,12-13,15-16H,1-2,4-5,7-11,20H2,(H,22,25);2*1H/t15-,16+;;/m1../s1. The predicted octanol–water partition coefficient (Wildman–Crippen LogP) is 1.43. The topological polar surface area (TPSA) is 101 Å². The van der Waals surface area contributed by atoms with E-state index in [0.29, 0.717) is 24.6 Å². The number of amides is 2. The maximum absolute atomic E-state index is 12.3. The van der Waals surface area contributed by atoms with Gasteiger partial charge in [-0.3, -0.25) is 9.59 Å². The predicted molar refractivity (Wildman–Crippen MR) is 116 cm³/mol. The second-order valence-electron chi connectivity index (χ2n) is 7.54. The molecule has 2 amide bonds. The van der Waals surface area contributed by atoms with Crippen molar-refractivity contribution in [2.45, 2.75) is 37.9 Å². The first-order valence-corrected chi connectivity index (χ1v) is 9.80. The summed E-state index contributed by atoms with van der Waals surface area (Å²) in [5, 5.41) is 2.86. The summed E-state index contributed by atoms with van der Waals surface area (Å²) in [5.41, 5.74) is 6.24. The minimum atomic E-state index is -0.435. The molecule has 4 rings (SSSR count). The molecule has 1 aromatic heterocycles. The van der Waals surface area contributed by atoms with Gasteiger partial charge in [0, 0.05) is 38.6 Å². The van der Waals surface area contributed by atoms with E-state index in [4.69, 9.17) is 10.5 Å². The third-order valence-electron chi connectivity index (χ3n) is 5.52. The molecule has 2 aliphatic heterocycles. The number of ether oxygens (including phenoxy) is 1. The third-order valence-corrected chi connectivity index (χ3v) is 5.52. The molecule has 1 aliphatic carbocycles. The van der Waals surface area contributed by atoms with Crippen LogP contribution in [0.1, 0.15) is 25.7 Å². The minimum Gasteiger partial charge on any atom is -0.364 e. The second kappa shape index (κ2) is 10.4. The number of carbonyl (C=O) groups is 2. The summed E-state index contributed by atoms with van der Waals surface area (Å²) < 4.78 is 5.62. The molecular weight excluding hydrogens is 417 g/mol. The Morgan fingerprint density at radius 3 is 2.38 bits per heavy atom. The van der Waals surface area contributed by atoms with Crippen LogP contribution in [0.3, 0.4) is 0 Å². The first kappa shape index (κ1) is 23.7. The maximum Gasteiger partial charge on any atom is 0.253 e. The first-order valence-electron chi connectivity index (χ1n) is 9.80. The van der Waals surface area contributed by atoms with E-state index in [-0.39, 0.29) is 42.7 Å². The molecule has 3 N–H and O–H groups in total. The highest BCUT2D eigenvalue weighted by molar-refractivity contribution is 5.94. The lowest BCUT2D eigenvalue weighted by atomic mass is 10.2. The number of piperazine rings is 1. The number of rotatable bonds is 5. The molecule has 29 heavy (non-hydrogen) atoms. The van der Waals surface area contributed by atoms with Crippen molar-refractivity contribution in [3.63, 3.8) is 0 Å². The highest BCUT2D eigenvalue weighted by Crippen LogP contribution is 2.31. The Morgan fingerprint density at radius 2 is 1.83 bits per heavy atom. The highest BCUT2D eigenvalue weighted by Gasteiger charge is 2.34. The molecule has 2 saturated heterocycles. The molecule has 3 fully saturated rings. The molecule has 0 bridgehead atoms. The summed E-state index contributed by atoms with van der Waals surface area (Å²) in [7, 11) is 0. The molecule has 2 atom stereocenters. The highest BCUT2D eigenvalue weighted by atomic mass is 35.5. The van der Waals surface area contributed by atoms with E-state index in [0.717, 1.165) is 51.3 Å². The smallest absolute Gasteiger partial charge is 0.253 e. The lowest BCUT2D eigenvalue weighted by Gasteiger charge is -2.35. The summed E-state index contributed by atoms with van der Waals surface area (Å²) in [6, 6.07) is 3.77. The minimum absolute atomic E-state index is 0. The van der Waals surface area contributed by atoms with Gasteiger partial charge >= 0.3 is 0 Å². The Bertz CT molecular complexity index is 694. The fourth-order valence-corrected chi connectivity index (χ4v) is 3.69. The van der Waals surface area contributed by atoms with Gasteiger partial charge in [-0.1, -0.05) is 0 Å². The van der Waals surface area contributed by atoms with Gasteiger partial charge in [0.25, 0.3) is 5.91 Å². The third kappa shape index (κ3) is 5.72. The molecule has 162 valence electrons. The average molecular weight is 446 g/mol. The molecule has 3 heterocycles. The Morgan fingerprint density at radius 1 is 1.10 bits per heavy atom. The fourth-order valence-electron chi connectivity index (χ4n) is 3.69. The Balaban J connectivity index is 0.00000150. The summed E-state index contributed by atoms with van der Waals surface area (Å²) in [5.74, 6) is 1.31. The van der Waals surface area contributed by atoms with Gasteiger partial charge in [-0.2, -0.15) is 0 Å². The molecule has 0 radical (unpaired) electrons. The van der Waals surface area contributed by atoms with Crippen LogP contribution in [-0.4, -0.2) is 66.6 Å². The molecule has 0 unspecified atom stereocenters. The van der Waals surface area contributed by atoms with Crippen molar-refractivity contribution in [2.24, 2.45) is 11.7 Å². The van der Waals surface area contributed by atoms with Gasteiger partial charge < -0.3 is 25.6 Å². The molecular formula is C19H29Cl2N5O3. The van der Waals surface area contributed by atoms with Crippen molar-refractivity contribution >= 4 is 48.1 Å². The van der Waals surface area contributed by atoms with Gasteiger partial charge in [-0.05, 0) is 37.8 Å². The number of anilines is 2. The molecule has 3 aliphatic rings. The average Bonchev–Trinajstić information content (AvgIpc) is 3.44. The fraction of sp³-hybridized carbons (Fsp3) is 0.632. The van der Waals surface area contributed by atoms with Crippen LogP contribution in [0.2, 0.25) is 0 Å². The van der Waals surface area contributed by atoms with E-state index < -0.39 is 6.10 Å². The van der Waals surface area contributed by atoms with Crippen molar-refractivity contribution in [2.75, 3.05) is 42.9 Å². The van der Waals surface area contributed by atoms with E-state index in [1.54, 1.807) is 6.20 Å². The Labute approximate surface area is 183 Å². The molecule has 1 saturated carbocycles. The van der Waals surface area contributed by atoms with Crippen molar-refractivity contribution in [1.82, 2.24) is 9.88 Å². The lowest BCUT2D eigenvalue weighted by molar-refractivity contribution is -0.132. The molecule has 1 aromatic rings. The van der Waals surface area contributed by atoms with Crippen LogP contribution in [0.25, 0.3) is 0 Å². The van der Waals surface area contributed by atoms with Crippen LogP contribution in [0.15, 0.2) is 18.3 Å². The second-order valence-corrected chi connectivity index (χ2v) is 7.54. The molecule has 8 nitrogen and oxygen atoms in total. The van der Waals surface area contributed by atoms with E-state index >= 15 is 0 Å². The van der Waals surface area contributed by atoms with E-state index in [9.17, 15) is 9.59 Å². The van der Waals surface area contributed by atoms with Gasteiger partial charge in [0.05, 0.1) is 18.0 Å². The number of pyridine rings is 1. The summed E-state index contributed by atoms with van der Waals surface area (Å²) in [6.45, 7) is 3.51. The monoisotopic (exact) mass is 445 g/mol. The number of hydrogen-bond donors (Lipinski definition) is 2. The number of nitrogens with zero attached hydrogens (tertiary/aromatic N) is 3. The Hall–Kier alpha value is -1.61. The summed E-state index contributed by atoms with van der Waals surface area (Å²) >= 11 is 0. The van der Waals surface area contributed by atoms with Crippen LogP contribution in [0.5, 0.6) is 0 Å². The van der Waals surface area contributed by atoms with Crippen molar-refractivity contribution in [1.29, 1.82) is 0 Å². The van der Waals surface area contributed by atoms with E-state index in [1.807, 2.05) is 17.0 Å². The van der Waals surface area contributed by atoms with Gasteiger partial charge in [0.15, 0.2) is 0 Å². The number of nitrogens with two attached hydrogens (primary N) is 1. The SMILES string of the molecule is Cl.Cl.NC[C@H]1CC[C@@H](C(=O)Nc2ccc(N3CCN(C(=O)C4CC4)CC3)nc2)O1.